The number of carbonyl (C=O) groups excluding carboxylic acids is 1. The lowest BCUT2D eigenvalue weighted by Crippen LogP contribution is -2.20. The molecule has 0 saturated heterocycles. The molecule has 38 heavy (non-hydrogen) atoms. The smallest absolute Gasteiger partial charge is 0.250 e. The van der Waals surface area contributed by atoms with Crippen LogP contribution in [0.15, 0.2) is 83.1 Å². The molecule has 0 radical (unpaired) electrons. The molecule has 4 rings (SSSR count). The van der Waals surface area contributed by atoms with E-state index in [2.05, 4.69) is 65.8 Å². The Labute approximate surface area is 226 Å². The summed E-state index contributed by atoms with van der Waals surface area (Å²) in [6.07, 6.45) is 1.50. The average molecular weight is 530 g/mol. The Morgan fingerprint density at radius 2 is 1.82 bits per heavy atom. The number of benzene rings is 3. The summed E-state index contributed by atoms with van der Waals surface area (Å²) < 4.78 is 7.33. The van der Waals surface area contributed by atoms with Gasteiger partial charge in [0, 0.05) is 11.3 Å². The van der Waals surface area contributed by atoms with E-state index in [1.807, 2.05) is 41.8 Å². The van der Waals surface area contributed by atoms with E-state index in [1.165, 1.54) is 29.6 Å². The van der Waals surface area contributed by atoms with Crippen molar-refractivity contribution in [2.75, 3.05) is 12.4 Å². The predicted octanol–water partition coefficient (Wildman–Crippen LogP) is 5.58. The zero-order valence-electron chi connectivity index (χ0n) is 21.9. The van der Waals surface area contributed by atoms with Crippen molar-refractivity contribution in [2.24, 2.45) is 5.10 Å². The first-order valence-electron chi connectivity index (χ1n) is 12.3. The molecule has 0 saturated carbocycles. The maximum absolute atomic E-state index is 12.5. The number of nitrogens with one attached hydrogen (secondary N) is 1. The fourth-order valence-corrected chi connectivity index (χ4v) is 4.45. The number of phenolic OH excluding ortho intramolecular Hbond substituents is 1. The van der Waals surface area contributed by atoms with Gasteiger partial charge in [0.1, 0.15) is 0 Å². The summed E-state index contributed by atoms with van der Waals surface area (Å²) in [5.41, 5.74) is 6.36. The van der Waals surface area contributed by atoms with E-state index >= 15 is 0 Å². The second-order valence-electron chi connectivity index (χ2n) is 9.55. The summed E-state index contributed by atoms with van der Waals surface area (Å²) in [7, 11) is 0. The minimum Gasteiger partial charge on any atom is -0.504 e. The number of phenols is 1. The summed E-state index contributed by atoms with van der Waals surface area (Å²) in [5, 5.41) is 23.3. The lowest BCUT2D eigenvalue weighted by atomic mass is 9.87. The molecule has 0 aliphatic heterocycles. The summed E-state index contributed by atoms with van der Waals surface area (Å²) >= 11 is 1.28. The van der Waals surface area contributed by atoms with E-state index in [0.29, 0.717) is 28.9 Å². The van der Waals surface area contributed by atoms with Crippen LogP contribution in [0.5, 0.6) is 11.5 Å². The molecule has 0 aliphatic rings. The molecule has 1 amide bonds. The number of aromatic hydroxyl groups is 1. The Morgan fingerprint density at radius 1 is 1.08 bits per heavy atom. The minimum atomic E-state index is -0.284. The lowest BCUT2D eigenvalue weighted by molar-refractivity contribution is -0.118. The first kappa shape index (κ1) is 26.9. The molecule has 1 aromatic heterocycles. The fraction of sp³-hybridized carbons (Fsp3) is 0.241. The zero-order chi connectivity index (χ0) is 27.1. The van der Waals surface area contributed by atoms with Gasteiger partial charge in [-0.3, -0.25) is 9.36 Å². The van der Waals surface area contributed by atoms with Gasteiger partial charge in [-0.2, -0.15) is 5.10 Å². The van der Waals surface area contributed by atoms with Crippen LogP contribution >= 0.6 is 11.8 Å². The molecule has 4 aromatic rings. The van der Waals surface area contributed by atoms with E-state index in [-0.39, 0.29) is 22.8 Å². The Bertz CT molecular complexity index is 1410. The van der Waals surface area contributed by atoms with Crippen molar-refractivity contribution >= 4 is 23.9 Å². The number of para-hydroxylation sites is 1. The topological polar surface area (TPSA) is 102 Å². The second kappa shape index (κ2) is 12.0. The second-order valence-corrected chi connectivity index (χ2v) is 10.5. The molecule has 0 fully saturated rings. The van der Waals surface area contributed by atoms with Crippen LogP contribution in [0.2, 0.25) is 0 Å². The van der Waals surface area contributed by atoms with Gasteiger partial charge in [-0.25, -0.2) is 5.43 Å². The quantitative estimate of drug-likeness (QED) is 0.167. The molecule has 0 aliphatic carbocycles. The molecule has 196 valence electrons. The number of ether oxygens (including phenoxy) is 1. The lowest BCUT2D eigenvalue weighted by Gasteiger charge is -2.19. The highest BCUT2D eigenvalue weighted by Gasteiger charge is 2.19. The van der Waals surface area contributed by atoms with Crippen LogP contribution in [0.1, 0.15) is 38.8 Å². The number of rotatable bonds is 9. The van der Waals surface area contributed by atoms with Crippen LogP contribution in [-0.2, 0) is 10.2 Å². The van der Waals surface area contributed by atoms with Crippen LogP contribution in [0.3, 0.4) is 0 Å². The molecule has 2 N–H and O–H groups in total. The maximum atomic E-state index is 12.5. The van der Waals surface area contributed by atoms with Crippen LogP contribution < -0.4 is 10.2 Å². The van der Waals surface area contributed by atoms with Crippen LogP contribution in [0.25, 0.3) is 17.1 Å². The SMILES string of the molecule is CCOc1cc(/C=N\NC(=O)CSc2nnc(-c3ccc(C(C)(C)C)cc3)n2-c2ccccc2)ccc1O. The summed E-state index contributed by atoms with van der Waals surface area (Å²) in [6, 6.07) is 23.0. The van der Waals surface area contributed by atoms with E-state index in [4.69, 9.17) is 4.74 Å². The van der Waals surface area contributed by atoms with E-state index < -0.39 is 0 Å². The van der Waals surface area contributed by atoms with Crippen molar-refractivity contribution in [3.05, 3.63) is 83.9 Å². The van der Waals surface area contributed by atoms with Crippen LogP contribution in [0, 0.1) is 0 Å². The van der Waals surface area contributed by atoms with Gasteiger partial charge >= 0.3 is 0 Å². The zero-order valence-corrected chi connectivity index (χ0v) is 22.7. The van der Waals surface area contributed by atoms with Crippen molar-refractivity contribution in [3.63, 3.8) is 0 Å². The normalized spacial score (nSPS) is 11.6. The number of nitrogens with zero attached hydrogens (tertiary/aromatic N) is 4. The van der Waals surface area contributed by atoms with Crippen molar-refractivity contribution < 1.29 is 14.6 Å². The van der Waals surface area contributed by atoms with Crippen molar-refractivity contribution in [3.8, 4) is 28.6 Å². The van der Waals surface area contributed by atoms with Gasteiger partial charge in [0.25, 0.3) is 5.91 Å². The number of amides is 1. The van der Waals surface area contributed by atoms with Gasteiger partial charge in [0.15, 0.2) is 22.5 Å². The molecule has 9 heteroatoms. The van der Waals surface area contributed by atoms with Gasteiger partial charge < -0.3 is 9.84 Å². The number of hydrazone groups is 1. The maximum Gasteiger partial charge on any atom is 0.250 e. The molecule has 3 aromatic carbocycles. The van der Waals surface area contributed by atoms with Crippen LogP contribution in [-0.4, -0.2) is 44.4 Å². The third kappa shape index (κ3) is 6.60. The number of hydrogen-bond donors (Lipinski definition) is 2. The number of hydrogen-bond acceptors (Lipinski definition) is 7. The van der Waals surface area contributed by atoms with Gasteiger partial charge in [-0.05, 0) is 53.8 Å². The van der Waals surface area contributed by atoms with E-state index in [0.717, 1.165) is 11.3 Å². The highest BCUT2D eigenvalue weighted by atomic mass is 32.2. The highest BCUT2D eigenvalue weighted by Crippen LogP contribution is 2.30. The number of aromatic nitrogens is 3. The first-order chi connectivity index (χ1) is 18.3. The fourth-order valence-electron chi connectivity index (χ4n) is 3.70. The Hall–Kier alpha value is -4.11. The Balaban J connectivity index is 1.48. The summed E-state index contributed by atoms with van der Waals surface area (Å²) in [5.74, 6) is 0.938. The van der Waals surface area contributed by atoms with Gasteiger partial charge in [0.2, 0.25) is 0 Å². The standard InChI is InChI=1S/C29H31N5O3S/c1-5-37-25-17-20(11-16-24(25)35)18-30-31-26(36)19-38-28-33-32-27(34(28)23-9-7-6-8-10-23)21-12-14-22(15-13-21)29(2,3)4/h6-18,35H,5,19H2,1-4H3,(H,31,36)/b30-18-. The van der Waals surface area contributed by atoms with Gasteiger partial charge in [-0.15, -0.1) is 10.2 Å². The first-order valence-corrected chi connectivity index (χ1v) is 13.3. The molecule has 0 bridgehead atoms. The number of thioether (sulfide) groups is 1. The molecule has 0 atom stereocenters. The van der Waals surface area contributed by atoms with Crippen molar-refractivity contribution in [2.45, 2.75) is 38.3 Å². The average Bonchev–Trinajstić information content (AvgIpc) is 3.33. The molecule has 0 spiro atoms. The Kier molecular flexibility index (Phi) is 8.48. The molecule has 1 heterocycles. The molecular weight excluding hydrogens is 498 g/mol. The summed E-state index contributed by atoms with van der Waals surface area (Å²) in [6.45, 7) is 8.81. The summed E-state index contributed by atoms with van der Waals surface area (Å²) in [4.78, 5) is 12.5. The minimum absolute atomic E-state index is 0.0519. The van der Waals surface area contributed by atoms with E-state index in [1.54, 1.807) is 12.1 Å². The third-order valence-electron chi connectivity index (χ3n) is 5.68. The van der Waals surface area contributed by atoms with Gasteiger partial charge in [0.05, 0.1) is 18.6 Å². The monoisotopic (exact) mass is 529 g/mol. The van der Waals surface area contributed by atoms with Crippen LogP contribution in [0.4, 0.5) is 0 Å². The van der Waals surface area contributed by atoms with Crippen molar-refractivity contribution in [1.82, 2.24) is 20.2 Å². The molecule has 0 unspecified atom stereocenters. The number of carbonyl (C=O) groups is 1. The van der Waals surface area contributed by atoms with E-state index in [9.17, 15) is 9.90 Å². The highest BCUT2D eigenvalue weighted by molar-refractivity contribution is 7.99. The molecular formula is C29H31N5O3S. The largest absolute Gasteiger partial charge is 0.504 e. The Morgan fingerprint density at radius 3 is 2.50 bits per heavy atom. The molecule has 8 nitrogen and oxygen atoms in total. The predicted molar refractivity (Wildman–Crippen MR) is 151 cm³/mol. The third-order valence-corrected chi connectivity index (χ3v) is 6.60. The van der Waals surface area contributed by atoms with Gasteiger partial charge in [-0.1, -0.05) is 75.0 Å². The van der Waals surface area contributed by atoms with Crippen molar-refractivity contribution in [1.29, 1.82) is 0 Å².